The van der Waals surface area contributed by atoms with E-state index in [9.17, 15) is 12.8 Å². The summed E-state index contributed by atoms with van der Waals surface area (Å²) < 4.78 is 38.7. The van der Waals surface area contributed by atoms with Crippen molar-refractivity contribution in [2.45, 2.75) is 11.4 Å². The van der Waals surface area contributed by atoms with Crippen molar-refractivity contribution in [3.63, 3.8) is 0 Å². The minimum Gasteiger partial charge on any atom is -0.375 e. The number of hydrogen-bond acceptors (Lipinski definition) is 5. The van der Waals surface area contributed by atoms with Crippen LogP contribution >= 0.6 is 11.3 Å². The van der Waals surface area contributed by atoms with Gasteiger partial charge in [0.1, 0.15) is 5.82 Å². The van der Waals surface area contributed by atoms with Crippen molar-refractivity contribution in [2.75, 3.05) is 5.73 Å². The van der Waals surface area contributed by atoms with Crippen molar-refractivity contribution in [2.24, 2.45) is 0 Å². The second-order valence-electron chi connectivity index (χ2n) is 3.46. The predicted molar refractivity (Wildman–Crippen MR) is 67.0 cm³/mol. The van der Waals surface area contributed by atoms with E-state index in [1.54, 1.807) is 5.38 Å². The summed E-state index contributed by atoms with van der Waals surface area (Å²) >= 11 is 1.24. The number of thiazole rings is 1. The van der Waals surface area contributed by atoms with Crippen LogP contribution in [0.25, 0.3) is 0 Å². The molecule has 3 N–H and O–H groups in total. The molecule has 0 spiro atoms. The lowest BCUT2D eigenvalue weighted by Crippen LogP contribution is -2.23. The Morgan fingerprint density at radius 3 is 2.56 bits per heavy atom. The van der Waals surface area contributed by atoms with Crippen LogP contribution in [0.5, 0.6) is 0 Å². The minimum atomic E-state index is -3.66. The lowest BCUT2D eigenvalue weighted by Gasteiger charge is -2.04. The standard InChI is InChI=1S/C10H10FN3O2S2/c11-7-1-3-9(4-2-7)18(15,16)13-5-8-6-17-10(12)14-8/h1-4,6,13H,5H2,(H2,12,14). The Hall–Kier alpha value is -1.51. The average Bonchev–Trinajstić information content (AvgIpc) is 2.73. The van der Waals surface area contributed by atoms with Crippen molar-refractivity contribution in [3.05, 3.63) is 41.2 Å². The normalized spacial score (nSPS) is 11.6. The van der Waals surface area contributed by atoms with E-state index < -0.39 is 15.8 Å². The van der Waals surface area contributed by atoms with Crippen LogP contribution in [0, 0.1) is 5.82 Å². The fraction of sp³-hybridized carbons (Fsp3) is 0.100. The largest absolute Gasteiger partial charge is 0.375 e. The number of nitrogens with zero attached hydrogens (tertiary/aromatic N) is 1. The van der Waals surface area contributed by atoms with Crippen LogP contribution < -0.4 is 10.5 Å². The number of sulfonamides is 1. The van der Waals surface area contributed by atoms with Crippen molar-refractivity contribution >= 4 is 26.5 Å². The van der Waals surface area contributed by atoms with Crippen LogP contribution in [0.3, 0.4) is 0 Å². The van der Waals surface area contributed by atoms with E-state index in [0.29, 0.717) is 10.8 Å². The van der Waals surface area contributed by atoms with E-state index in [-0.39, 0.29) is 11.4 Å². The highest BCUT2D eigenvalue weighted by Gasteiger charge is 2.14. The zero-order chi connectivity index (χ0) is 13.2. The molecule has 1 aromatic carbocycles. The van der Waals surface area contributed by atoms with Gasteiger partial charge in [-0.15, -0.1) is 11.3 Å². The monoisotopic (exact) mass is 287 g/mol. The highest BCUT2D eigenvalue weighted by Crippen LogP contribution is 2.13. The van der Waals surface area contributed by atoms with Crippen LogP contribution in [0.1, 0.15) is 5.69 Å². The molecule has 0 amide bonds. The number of aromatic nitrogens is 1. The molecule has 96 valence electrons. The molecular weight excluding hydrogens is 277 g/mol. The molecule has 1 aromatic heterocycles. The predicted octanol–water partition coefficient (Wildman–Crippen LogP) is 1.34. The average molecular weight is 287 g/mol. The van der Waals surface area contributed by atoms with Gasteiger partial charge in [-0.05, 0) is 24.3 Å². The number of rotatable bonds is 4. The van der Waals surface area contributed by atoms with Gasteiger partial charge in [-0.3, -0.25) is 0 Å². The Kier molecular flexibility index (Phi) is 3.60. The lowest BCUT2D eigenvalue weighted by atomic mass is 10.4. The fourth-order valence-electron chi connectivity index (χ4n) is 1.27. The van der Waals surface area contributed by atoms with Gasteiger partial charge in [0, 0.05) is 5.38 Å². The van der Waals surface area contributed by atoms with Gasteiger partial charge in [-0.2, -0.15) is 0 Å². The van der Waals surface area contributed by atoms with E-state index in [4.69, 9.17) is 5.73 Å². The number of nitrogens with two attached hydrogens (primary N) is 1. The summed E-state index contributed by atoms with van der Waals surface area (Å²) in [6.07, 6.45) is 0. The zero-order valence-corrected chi connectivity index (χ0v) is 10.8. The minimum absolute atomic E-state index is 0.00658. The Balaban J connectivity index is 2.10. The number of benzene rings is 1. The molecule has 0 unspecified atom stereocenters. The number of hydrogen-bond donors (Lipinski definition) is 2. The summed E-state index contributed by atoms with van der Waals surface area (Å²) in [4.78, 5) is 3.94. The topological polar surface area (TPSA) is 85.1 Å². The molecule has 0 saturated heterocycles. The van der Waals surface area contributed by atoms with Gasteiger partial charge in [-0.1, -0.05) is 0 Å². The third-order valence-electron chi connectivity index (χ3n) is 2.14. The van der Waals surface area contributed by atoms with Gasteiger partial charge >= 0.3 is 0 Å². The fourth-order valence-corrected chi connectivity index (χ4v) is 2.83. The van der Waals surface area contributed by atoms with Gasteiger partial charge in [0.2, 0.25) is 10.0 Å². The lowest BCUT2D eigenvalue weighted by molar-refractivity contribution is 0.579. The molecular formula is C10H10FN3O2S2. The van der Waals surface area contributed by atoms with Crippen molar-refractivity contribution in [3.8, 4) is 0 Å². The van der Waals surface area contributed by atoms with Crippen molar-refractivity contribution in [1.82, 2.24) is 9.71 Å². The smallest absolute Gasteiger partial charge is 0.240 e. The summed E-state index contributed by atoms with van der Waals surface area (Å²) in [5.41, 5.74) is 5.98. The number of halogens is 1. The zero-order valence-electron chi connectivity index (χ0n) is 9.13. The maximum atomic E-state index is 12.7. The molecule has 1 heterocycles. The van der Waals surface area contributed by atoms with E-state index >= 15 is 0 Å². The molecule has 0 atom stereocenters. The van der Waals surface area contributed by atoms with E-state index in [2.05, 4.69) is 9.71 Å². The van der Waals surface area contributed by atoms with Gasteiger partial charge in [0.15, 0.2) is 5.13 Å². The van der Waals surface area contributed by atoms with Crippen LogP contribution in [0.2, 0.25) is 0 Å². The van der Waals surface area contributed by atoms with Gasteiger partial charge in [0.25, 0.3) is 0 Å². The van der Waals surface area contributed by atoms with Gasteiger partial charge < -0.3 is 5.73 Å². The first kappa shape index (κ1) is 12.9. The maximum absolute atomic E-state index is 12.7. The summed E-state index contributed by atoms with van der Waals surface area (Å²) in [5.74, 6) is -0.485. The summed E-state index contributed by atoms with van der Waals surface area (Å²) in [6, 6.07) is 4.59. The molecule has 0 fully saturated rings. The second kappa shape index (κ2) is 5.01. The first-order chi connectivity index (χ1) is 8.47. The first-order valence-electron chi connectivity index (χ1n) is 4.92. The second-order valence-corrected chi connectivity index (χ2v) is 6.11. The number of anilines is 1. The molecule has 2 aromatic rings. The Morgan fingerprint density at radius 1 is 1.33 bits per heavy atom. The van der Waals surface area contributed by atoms with Crippen LogP contribution in [0.4, 0.5) is 9.52 Å². The molecule has 18 heavy (non-hydrogen) atoms. The summed E-state index contributed by atoms with van der Waals surface area (Å²) in [6.45, 7) is 0.0490. The summed E-state index contributed by atoms with van der Waals surface area (Å²) in [5, 5.41) is 2.05. The Labute approximate surface area is 108 Å². The van der Waals surface area contributed by atoms with Crippen molar-refractivity contribution < 1.29 is 12.8 Å². The maximum Gasteiger partial charge on any atom is 0.240 e. The molecule has 0 aliphatic rings. The number of nitrogen functional groups attached to an aromatic ring is 1. The first-order valence-corrected chi connectivity index (χ1v) is 7.29. The Morgan fingerprint density at radius 2 is 2.00 bits per heavy atom. The molecule has 8 heteroatoms. The van der Waals surface area contributed by atoms with E-state index in [1.807, 2.05) is 0 Å². The van der Waals surface area contributed by atoms with Crippen LogP contribution in [0.15, 0.2) is 34.5 Å². The van der Waals surface area contributed by atoms with Crippen molar-refractivity contribution in [1.29, 1.82) is 0 Å². The number of nitrogens with one attached hydrogen (secondary N) is 1. The quantitative estimate of drug-likeness (QED) is 0.888. The molecule has 0 saturated carbocycles. The molecule has 2 rings (SSSR count). The van der Waals surface area contributed by atoms with Crippen LogP contribution in [-0.4, -0.2) is 13.4 Å². The van der Waals surface area contributed by atoms with Gasteiger partial charge in [-0.25, -0.2) is 22.5 Å². The molecule has 0 bridgehead atoms. The molecule has 0 aliphatic carbocycles. The van der Waals surface area contributed by atoms with E-state index in [1.165, 1.54) is 23.5 Å². The summed E-state index contributed by atoms with van der Waals surface area (Å²) in [7, 11) is -3.66. The van der Waals surface area contributed by atoms with Crippen LogP contribution in [-0.2, 0) is 16.6 Å². The molecule has 0 aliphatic heterocycles. The molecule has 5 nitrogen and oxygen atoms in total. The molecule has 0 radical (unpaired) electrons. The third-order valence-corrected chi connectivity index (χ3v) is 4.28. The third kappa shape index (κ3) is 3.03. The Bertz CT molecular complexity index is 637. The van der Waals surface area contributed by atoms with E-state index in [0.717, 1.165) is 12.1 Å². The highest BCUT2D eigenvalue weighted by atomic mass is 32.2. The van der Waals surface area contributed by atoms with Gasteiger partial charge in [0.05, 0.1) is 17.1 Å². The highest BCUT2D eigenvalue weighted by molar-refractivity contribution is 7.89. The SMILES string of the molecule is Nc1nc(CNS(=O)(=O)c2ccc(F)cc2)cs1.